The first-order chi connectivity index (χ1) is 16.3. The Bertz CT molecular complexity index is 1100. The number of esters is 1. The predicted molar refractivity (Wildman–Crippen MR) is 129 cm³/mol. The van der Waals surface area contributed by atoms with Crippen molar-refractivity contribution in [1.82, 2.24) is 4.31 Å². The third-order valence-electron chi connectivity index (χ3n) is 4.81. The zero-order valence-corrected chi connectivity index (χ0v) is 20.9. The number of anilines is 1. The number of rotatable bonds is 10. The standard InChI is InChI=1S/C22H25ClN2O7S2/c1-30-20-7-6-18(34(28,29)25-9-11-31-12-10-25)14-19(20)24-21(26)15-32-22(27)8-13-33-17-4-2-16(23)3-5-17/h2-7,14H,8-13,15H2,1H3,(H,24,26). The van der Waals surface area contributed by atoms with Gasteiger partial charge in [-0.3, -0.25) is 9.59 Å². The summed E-state index contributed by atoms with van der Waals surface area (Å²) < 4.78 is 42.6. The summed E-state index contributed by atoms with van der Waals surface area (Å²) in [5.41, 5.74) is 0.163. The van der Waals surface area contributed by atoms with Crippen molar-refractivity contribution >= 4 is 50.9 Å². The monoisotopic (exact) mass is 528 g/mol. The van der Waals surface area contributed by atoms with Crippen LogP contribution in [0.3, 0.4) is 0 Å². The lowest BCUT2D eigenvalue weighted by molar-refractivity contribution is -0.146. The number of benzene rings is 2. The molecule has 34 heavy (non-hydrogen) atoms. The zero-order valence-electron chi connectivity index (χ0n) is 18.5. The zero-order chi connectivity index (χ0) is 24.6. The Morgan fingerprint density at radius 1 is 1.15 bits per heavy atom. The number of hydrogen-bond donors (Lipinski definition) is 1. The maximum absolute atomic E-state index is 12.9. The van der Waals surface area contributed by atoms with Gasteiger partial charge in [0.05, 0.1) is 37.3 Å². The van der Waals surface area contributed by atoms with Crippen LogP contribution < -0.4 is 10.1 Å². The highest BCUT2D eigenvalue weighted by atomic mass is 35.5. The van der Waals surface area contributed by atoms with Gasteiger partial charge in [-0.2, -0.15) is 4.31 Å². The van der Waals surface area contributed by atoms with E-state index in [4.69, 9.17) is 25.8 Å². The number of nitrogens with one attached hydrogen (secondary N) is 1. The first-order valence-electron chi connectivity index (χ1n) is 10.4. The van der Waals surface area contributed by atoms with E-state index in [0.717, 1.165) is 4.90 Å². The summed E-state index contributed by atoms with van der Waals surface area (Å²) in [5.74, 6) is -0.373. The van der Waals surface area contributed by atoms with Gasteiger partial charge in [0, 0.05) is 28.8 Å². The lowest BCUT2D eigenvalue weighted by atomic mass is 10.3. The van der Waals surface area contributed by atoms with Crippen molar-refractivity contribution < 1.29 is 32.2 Å². The largest absolute Gasteiger partial charge is 0.495 e. The predicted octanol–water partition coefficient (Wildman–Crippen LogP) is 3.03. The molecule has 0 aromatic heterocycles. The van der Waals surface area contributed by atoms with Crippen LogP contribution in [-0.2, 0) is 29.1 Å². The smallest absolute Gasteiger partial charge is 0.307 e. The molecule has 1 N–H and O–H groups in total. The van der Waals surface area contributed by atoms with Gasteiger partial charge in [0.1, 0.15) is 5.75 Å². The van der Waals surface area contributed by atoms with Crippen molar-refractivity contribution in [3.8, 4) is 5.75 Å². The van der Waals surface area contributed by atoms with E-state index in [9.17, 15) is 18.0 Å². The molecule has 12 heteroatoms. The molecule has 0 bridgehead atoms. The Kier molecular flexibility index (Phi) is 9.60. The maximum atomic E-state index is 12.9. The van der Waals surface area contributed by atoms with Gasteiger partial charge in [0.15, 0.2) is 6.61 Å². The number of nitrogens with zero attached hydrogens (tertiary/aromatic N) is 1. The van der Waals surface area contributed by atoms with Crippen molar-refractivity contribution in [3.05, 3.63) is 47.5 Å². The van der Waals surface area contributed by atoms with Crippen molar-refractivity contribution in [2.24, 2.45) is 0 Å². The summed E-state index contributed by atoms with van der Waals surface area (Å²) in [6, 6.07) is 11.4. The van der Waals surface area contributed by atoms with Crippen LogP contribution in [0.2, 0.25) is 5.02 Å². The van der Waals surface area contributed by atoms with Crippen LogP contribution in [0.25, 0.3) is 0 Å². The minimum Gasteiger partial charge on any atom is -0.495 e. The number of methoxy groups -OCH3 is 1. The summed E-state index contributed by atoms with van der Waals surface area (Å²) in [6.07, 6.45) is 0.122. The summed E-state index contributed by atoms with van der Waals surface area (Å²) in [4.78, 5) is 25.3. The van der Waals surface area contributed by atoms with Crippen LogP contribution in [0.15, 0.2) is 52.3 Å². The number of halogens is 1. The fourth-order valence-electron chi connectivity index (χ4n) is 3.07. The molecule has 0 atom stereocenters. The van der Waals surface area contributed by atoms with Crippen molar-refractivity contribution in [2.75, 3.05) is 51.1 Å². The van der Waals surface area contributed by atoms with Gasteiger partial charge in [0.2, 0.25) is 10.0 Å². The molecule has 3 rings (SSSR count). The lowest BCUT2D eigenvalue weighted by Crippen LogP contribution is -2.40. The molecule has 2 aromatic rings. The van der Waals surface area contributed by atoms with Crippen LogP contribution in [-0.4, -0.2) is 70.4 Å². The molecular formula is C22H25ClN2O7S2. The summed E-state index contributed by atoms with van der Waals surface area (Å²) in [5, 5.41) is 3.19. The van der Waals surface area contributed by atoms with E-state index in [-0.39, 0.29) is 35.8 Å². The Hall–Kier alpha value is -2.31. The van der Waals surface area contributed by atoms with E-state index in [1.54, 1.807) is 12.1 Å². The number of thioether (sulfide) groups is 1. The van der Waals surface area contributed by atoms with Crippen LogP contribution >= 0.6 is 23.4 Å². The van der Waals surface area contributed by atoms with Crippen LogP contribution in [0.4, 0.5) is 5.69 Å². The first-order valence-corrected chi connectivity index (χ1v) is 13.2. The fourth-order valence-corrected chi connectivity index (χ4v) is 5.46. The van der Waals surface area contributed by atoms with Gasteiger partial charge in [-0.05, 0) is 42.5 Å². The average Bonchev–Trinajstić information content (AvgIpc) is 2.84. The molecule has 0 unspecified atom stereocenters. The van der Waals surface area contributed by atoms with E-state index in [1.165, 1.54) is 41.4 Å². The molecule has 1 aliphatic heterocycles. The second kappa shape index (κ2) is 12.4. The number of amides is 1. The minimum absolute atomic E-state index is 0.0155. The molecule has 1 heterocycles. The van der Waals surface area contributed by atoms with Gasteiger partial charge in [-0.1, -0.05) is 11.6 Å². The van der Waals surface area contributed by atoms with E-state index >= 15 is 0 Å². The summed E-state index contributed by atoms with van der Waals surface area (Å²) >= 11 is 7.31. The third kappa shape index (κ3) is 7.34. The molecule has 0 aliphatic carbocycles. The van der Waals surface area contributed by atoms with Gasteiger partial charge in [-0.15, -0.1) is 11.8 Å². The molecule has 2 aromatic carbocycles. The van der Waals surface area contributed by atoms with Crippen molar-refractivity contribution in [2.45, 2.75) is 16.2 Å². The highest BCUT2D eigenvalue weighted by molar-refractivity contribution is 7.99. The van der Waals surface area contributed by atoms with Crippen molar-refractivity contribution in [3.63, 3.8) is 0 Å². The van der Waals surface area contributed by atoms with Gasteiger partial charge < -0.3 is 19.5 Å². The van der Waals surface area contributed by atoms with E-state index < -0.39 is 28.5 Å². The first kappa shape index (κ1) is 26.3. The van der Waals surface area contributed by atoms with Crippen molar-refractivity contribution in [1.29, 1.82) is 0 Å². The van der Waals surface area contributed by atoms with E-state index in [2.05, 4.69) is 5.32 Å². The SMILES string of the molecule is COc1ccc(S(=O)(=O)N2CCOCC2)cc1NC(=O)COC(=O)CCSc1ccc(Cl)cc1. The highest BCUT2D eigenvalue weighted by Gasteiger charge is 2.27. The Morgan fingerprint density at radius 2 is 1.85 bits per heavy atom. The van der Waals surface area contributed by atoms with E-state index in [1.807, 2.05) is 12.1 Å². The Morgan fingerprint density at radius 3 is 2.53 bits per heavy atom. The highest BCUT2D eigenvalue weighted by Crippen LogP contribution is 2.29. The number of carbonyl (C=O) groups excluding carboxylic acids is 2. The van der Waals surface area contributed by atoms with E-state index in [0.29, 0.717) is 24.0 Å². The molecule has 9 nitrogen and oxygen atoms in total. The molecule has 1 aliphatic rings. The molecule has 1 saturated heterocycles. The topological polar surface area (TPSA) is 111 Å². The molecule has 1 amide bonds. The fraction of sp³-hybridized carbons (Fsp3) is 0.364. The molecule has 0 spiro atoms. The number of morpholine rings is 1. The summed E-state index contributed by atoms with van der Waals surface area (Å²) in [6.45, 7) is 0.643. The average molecular weight is 529 g/mol. The second-order valence-electron chi connectivity index (χ2n) is 7.14. The minimum atomic E-state index is -3.76. The molecule has 184 valence electrons. The number of carbonyl (C=O) groups is 2. The van der Waals surface area contributed by atoms with Crippen LogP contribution in [0, 0.1) is 0 Å². The number of hydrogen-bond acceptors (Lipinski definition) is 8. The normalized spacial score (nSPS) is 14.4. The lowest BCUT2D eigenvalue weighted by Gasteiger charge is -2.26. The van der Waals surface area contributed by atoms with Gasteiger partial charge in [0.25, 0.3) is 5.91 Å². The molecular weight excluding hydrogens is 504 g/mol. The van der Waals surface area contributed by atoms with Crippen LogP contribution in [0.1, 0.15) is 6.42 Å². The molecule has 1 fully saturated rings. The second-order valence-corrected chi connectivity index (χ2v) is 10.7. The third-order valence-corrected chi connectivity index (χ3v) is 7.97. The Balaban J connectivity index is 1.53. The molecule has 0 saturated carbocycles. The van der Waals surface area contributed by atoms with Crippen LogP contribution in [0.5, 0.6) is 5.75 Å². The van der Waals surface area contributed by atoms with Gasteiger partial charge >= 0.3 is 5.97 Å². The summed E-state index contributed by atoms with van der Waals surface area (Å²) in [7, 11) is -2.35. The maximum Gasteiger partial charge on any atom is 0.307 e. The number of sulfonamides is 1. The quantitative estimate of drug-likeness (QED) is 0.370. The number of ether oxygens (including phenoxy) is 3. The Labute approximate surface area is 207 Å². The van der Waals surface area contributed by atoms with Gasteiger partial charge in [-0.25, -0.2) is 8.42 Å². The molecule has 0 radical (unpaired) electrons.